The Balaban J connectivity index is 2.80. The van der Waals surface area contributed by atoms with Crippen LogP contribution in [0, 0.1) is 0 Å². The first-order chi connectivity index (χ1) is 8.73. The number of nitrogen functional groups attached to an aromatic ring is 1. The van der Waals surface area contributed by atoms with E-state index in [0.29, 0.717) is 11.4 Å². The molecule has 19 heavy (non-hydrogen) atoms. The molecule has 0 spiro atoms. The van der Waals surface area contributed by atoms with Gasteiger partial charge in [0.2, 0.25) is 0 Å². The van der Waals surface area contributed by atoms with Crippen molar-refractivity contribution in [3.8, 4) is 5.75 Å². The average Bonchev–Trinajstić information content (AvgIpc) is 2.26. The molecule has 0 heterocycles. The zero-order chi connectivity index (χ0) is 14.6. The van der Waals surface area contributed by atoms with Gasteiger partial charge in [-0.3, -0.25) is 0 Å². The number of ether oxygens (including phenoxy) is 2. The third-order valence-corrected chi connectivity index (χ3v) is 2.45. The van der Waals surface area contributed by atoms with Gasteiger partial charge in [0.05, 0.1) is 13.2 Å². The number of carbonyl (C=O) groups is 1. The second-order valence-electron chi connectivity index (χ2n) is 5.37. The van der Waals surface area contributed by atoms with Gasteiger partial charge in [0.15, 0.2) is 0 Å². The molecule has 0 radical (unpaired) electrons. The predicted octanol–water partition coefficient (Wildman–Crippen LogP) is 2.86. The van der Waals surface area contributed by atoms with Gasteiger partial charge in [-0.1, -0.05) is 0 Å². The van der Waals surface area contributed by atoms with Crippen molar-refractivity contribution in [3.63, 3.8) is 0 Å². The lowest BCUT2D eigenvalue weighted by molar-refractivity contribution is 0.0507. The molecule has 0 saturated carbocycles. The molecular weight excluding hydrogens is 244 g/mol. The van der Waals surface area contributed by atoms with Crippen molar-refractivity contribution in [1.82, 2.24) is 5.32 Å². The number of rotatable bonds is 3. The zero-order valence-corrected chi connectivity index (χ0v) is 12.1. The molecule has 5 heteroatoms. The molecule has 0 aliphatic carbocycles. The van der Waals surface area contributed by atoms with Gasteiger partial charge < -0.3 is 20.5 Å². The summed E-state index contributed by atoms with van der Waals surface area (Å²) in [5.74, 6) is 0.678. The quantitative estimate of drug-likeness (QED) is 0.825. The van der Waals surface area contributed by atoms with Crippen LogP contribution in [0.3, 0.4) is 0 Å². The Bertz CT molecular complexity index is 452. The van der Waals surface area contributed by atoms with E-state index < -0.39 is 11.7 Å². The average molecular weight is 266 g/mol. The zero-order valence-electron chi connectivity index (χ0n) is 12.1. The third-order valence-electron chi connectivity index (χ3n) is 2.45. The number of nitrogens with one attached hydrogen (secondary N) is 1. The summed E-state index contributed by atoms with van der Waals surface area (Å²) in [5.41, 5.74) is 6.66. The lowest BCUT2D eigenvalue weighted by Gasteiger charge is -2.23. The van der Waals surface area contributed by atoms with E-state index in [-0.39, 0.29) is 6.04 Å². The number of nitrogens with two attached hydrogens (primary N) is 1. The van der Waals surface area contributed by atoms with Crippen LogP contribution in [-0.4, -0.2) is 18.8 Å². The summed E-state index contributed by atoms with van der Waals surface area (Å²) in [4.78, 5) is 11.7. The summed E-state index contributed by atoms with van der Waals surface area (Å²) < 4.78 is 10.5. The minimum absolute atomic E-state index is 0.256. The first kappa shape index (κ1) is 15.1. The number of hydrogen-bond donors (Lipinski definition) is 2. The van der Waals surface area contributed by atoms with Gasteiger partial charge in [-0.25, -0.2) is 4.79 Å². The number of carbonyl (C=O) groups excluding carboxylic acids is 1. The van der Waals surface area contributed by atoms with Crippen molar-refractivity contribution < 1.29 is 14.3 Å². The normalized spacial score (nSPS) is 12.7. The maximum absolute atomic E-state index is 11.7. The summed E-state index contributed by atoms with van der Waals surface area (Å²) in [6, 6.07) is 5.05. The minimum Gasteiger partial charge on any atom is -0.496 e. The number of benzene rings is 1. The Kier molecular flexibility index (Phi) is 4.64. The molecule has 1 rings (SSSR count). The highest BCUT2D eigenvalue weighted by Crippen LogP contribution is 2.27. The summed E-state index contributed by atoms with van der Waals surface area (Å²) in [6.45, 7) is 7.30. The Hall–Kier alpha value is -1.91. The molecule has 1 atom stereocenters. The van der Waals surface area contributed by atoms with Crippen LogP contribution in [0.2, 0.25) is 0 Å². The predicted molar refractivity (Wildman–Crippen MR) is 75.2 cm³/mol. The summed E-state index contributed by atoms with van der Waals surface area (Å²) in [7, 11) is 1.58. The Morgan fingerprint density at radius 1 is 1.37 bits per heavy atom. The van der Waals surface area contributed by atoms with Crippen LogP contribution in [0.25, 0.3) is 0 Å². The fourth-order valence-electron chi connectivity index (χ4n) is 1.65. The van der Waals surface area contributed by atoms with Crippen LogP contribution in [-0.2, 0) is 4.74 Å². The number of hydrogen-bond acceptors (Lipinski definition) is 4. The van der Waals surface area contributed by atoms with Crippen LogP contribution in [0.1, 0.15) is 39.3 Å². The highest BCUT2D eigenvalue weighted by Gasteiger charge is 2.20. The Morgan fingerprint density at radius 2 is 2.00 bits per heavy atom. The van der Waals surface area contributed by atoms with Crippen LogP contribution in [0.4, 0.5) is 10.5 Å². The molecule has 0 aliphatic heterocycles. The number of amides is 1. The monoisotopic (exact) mass is 266 g/mol. The first-order valence-electron chi connectivity index (χ1n) is 6.16. The maximum atomic E-state index is 11.7. The van der Waals surface area contributed by atoms with Gasteiger partial charge in [0.25, 0.3) is 0 Å². The highest BCUT2D eigenvalue weighted by atomic mass is 16.6. The lowest BCUT2D eigenvalue weighted by atomic mass is 10.1. The van der Waals surface area contributed by atoms with Crippen molar-refractivity contribution in [1.29, 1.82) is 0 Å². The number of alkyl carbamates (subject to hydrolysis) is 1. The van der Waals surface area contributed by atoms with Crippen LogP contribution >= 0.6 is 0 Å². The van der Waals surface area contributed by atoms with Gasteiger partial charge in [0.1, 0.15) is 11.4 Å². The van der Waals surface area contributed by atoms with E-state index in [9.17, 15) is 4.79 Å². The Morgan fingerprint density at radius 3 is 2.53 bits per heavy atom. The smallest absolute Gasteiger partial charge is 0.408 e. The Labute approximate surface area is 114 Å². The molecule has 0 saturated heterocycles. The van der Waals surface area contributed by atoms with E-state index in [1.54, 1.807) is 25.3 Å². The second-order valence-corrected chi connectivity index (χ2v) is 5.37. The summed E-state index contributed by atoms with van der Waals surface area (Å²) in [5, 5.41) is 2.76. The first-order valence-corrected chi connectivity index (χ1v) is 6.16. The van der Waals surface area contributed by atoms with Gasteiger partial charge in [0, 0.05) is 11.3 Å². The molecule has 0 aliphatic rings. The van der Waals surface area contributed by atoms with Crippen LogP contribution in [0.15, 0.2) is 18.2 Å². The van der Waals surface area contributed by atoms with E-state index >= 15 is 0 Å². The molecule has 1 unspecified atom stereocenters. The van der Waals surface area contributed by atoms with E-state index in [0.717, 1.165) is 5.56 Å². The van der Waals surface area contributed by atoms with Crippen molar-refractivity contribution >= 4 is 11.8 Å². The topological polar surface area (TPSA) is 73.6 Å². The van der Waals surface area contributed by atoms with E-state index in [4.69, 9.17) is 15.2 Å². The molecular formula is C14H22N2O3. The van der Waals surface area contributed by atoms with E-state index in [1.807, 2.05) is 27.7 Å². The van der Waals surface area contributed by atoms with Crippen molar-refractivity contribution in [2.24, 2.45) is 0 Å². The standard InChI is InChI=1S/C14H22N2O3/c1-9(16-13(17)19-14(2,3)4)11-8-10(15)6-7-12(11)18-5/h6-9H,15H2,1-5H3,(H,16,17). The molecule has 0 bridgehead atoms. The minimum atomic E-state index is -0.524. The van der Waals surface area contributed by atoms with Gasteiger partial charge in [-0.15, -0.1) is 0 Å². The third kappa shape index (κ3) is 4.69. The van der Waals surface area contributed by atoms with Gasteiger partial charge >= 0.3 is 6.09 Å². The highest BCUT2D eigenvalue weighted by molar-refractivity contribution is 5.68. The van der Waals surface area contributed by atoms with E-state index in [2.05, 4.69) is 5.32 Å². The maximum Gasteiger partial charge on any atom is 0.408 e. The largest absolute Gasteiger partial charge is 0.496 e. The number of anilines is 1. The fourth-order valence-corrected chi connectivity index (χ4v) is 1.65. The molecule has 1 aromatic rings. The van der Waals surface area contributed by atoms with Crippen molar-refractivity contribution in [3.05, 3.63) is 23.8 Å². The SMILES string of the molecule is COc1ccc(N)cc1C(C)NC(=O)OC(C)(C)C. The fraction of sp³-hybridized carbons (Fsp3) is 0.500. The van der Waals surface area contributed by atoms with Crippen molar-refractivity contribution in [2.45, 2.75) is 39.3 Å². The van der Waals surface area contributed by atoms with Crippen LogP contribution in [0.5, 0.6) is 5.75 Å². The summed E-state index contributed by atoms with van der Waals surface area (Å²) >= 11 is 0. The second kappa shape index (κ2) is 5.82. The van der Waals surface area contributed by atoms with E-state index in [1.165, 1.54) is 0 Å². The molecule has 1 amide bonds. The van der Waals surface area contributed by atoms with Crippen LogP contribution < -0.4 is 15.8 Å². The van der Waals surface area contributed by atoms with Crippen molar-refractivity contribution in [2.75, 3.05) is 12.8 Å². The lowest BCUT2D eigenvalue weighted by Crippen LogP contribution is -2.34. The number of methoxy groups -OCH3 is 1. The van der Waals surface area contributed by atoms with Gasteiger partial charge in [-0.2, -0.15) is 0 Å². The van der Waals surface area contributed by atoms with Gasteiger partial charge in [-0.05, 0) is 45.9 Å². The molecule has 3 N–H and O–H groups in total. The summed E-state index contributed by atoms with van der Waals surface area (Å²) in [6.07, 6.45) is -0.468. The molecule has 106 valence electrons. The molecule has 1 aromatic carbocycles. The molecule has 5 nitrogen and oxygen atoms in total. The molecule has 0 fully saturated rings. The molecule has 0 aromatic heterocycles.